The van der Waals surface area contributed by atoms with Gasteiger partial charge >= 0.3 is 23.9 Å². The summed E-state index contributed by atoms with van der Waals surface area (Å²) in [6.07, 6.45) is 1.93. The number of aromatic carboxylic acids is 1. The minimum atomic E-state index is -1.18. The van der Waals surface area contributed by atoms with Crippen molar-refractivity contribution in [2.75, 3.05) is 6.61 Å². The van der Waals surface area contributed by atoms with Crippen LogP contribution in [-0.4, -0.2) is 98.2 Å². The Bertz CT molecular complexity index is 2100. The summed E-state index contributed by atoms with van der Waals surface area (Å²) in [4.78, 5) is 86.4. The lowest BCUT2D eigenvalue weighted by molar-refractivity contribution is -0.140. The third kappa shape index (κ3) is 17.7. The molecule has 324 valence electrons. The molecule has 0 bridgehead atoms. The lowest BCUT2D eigenvalue weighted by Gasteiger charge is -2.14. The van der Waals surface area contributed by atoms with Crippen LogP contribution in [0.2, 0.25) is 0 Å². The maximum absolute atomic E-state index is 12.3. The predicted molar refractivity (Wildman–Crippen MR) is 213 cm³/mol. The van der Waals surface area contributed by atoms with Gasteiger partial charge in [-0.3, -0.25) is 28.8 Å². The summed E-state index contributed by atoms with van der Waals surface area (Å²) in [5, 5.41) is 56.1. The fourth-order valence-corrected chi connectivity index (χ4v) is 4.89. The number of hydrogen-bond acceptors (Lipinski definition) is 14. The standard InChI is InChI=1S/C21H21NO8.C15H12O5.C6H11NO4/c23-11-16-18(25)4-1-5-19(16)30-12-14-6-8-15(9-7-14)20(26)22-17(21(27)28)3-2-10-29-13-24;16-8-12-13(17)2-1-3-14(12)20-9-10-4-6-11(7-5-10)15(18)19;7-4(6(10)11)2-1-3-5(8)9/h1,4-9,11,13,17,25H,2-3,10,12H2,(H,22,26)(H,27,28);1-8,17H,9H2,(H,18,19);4H,1-3,7H2,(H,8,9)(H,10,11)/t17-;;4-/m0.0/s1. The van der Waals surface area contributed by atoms with Crippen LogP contribution in [0.4, 0.5) is 0 Å². The van der Waals surface area contributed by atoms with Gasteiger partial charge in [0.15, 0.2) is 12.6 Å². The van der Waals surface area contributed by atoms with Crippen molar-refractivity contribution in [2.45, 2.75) is 57.4 Å². The zero-order chi connectivity index (χ0) is 45.3. The summed E-state index contributed by atoms with van der Waals surface area (Å²) in [5.74, 6) is -4.55. The minimum absolute atomic E-state index is 0.0268. The molecule has 1 amide bonds. The van der Waals surface area contributed by atoms with Crippen molar-refractivity contribution in [2.24, 2.45) is 5.73 Å². The molecule has 4 aromatic carbocycles. The van der Waals surface area contributed by atoms with E-state index in [9.17, 15) is 53.7 Å². The van der Waals surface area contributed by atoms with Gasteiger partial charge in [0.2, 0.25) is 0 Å². The van der Waals surface area contributed by atoms with Crippen LogP contribution >= 0.6 is 0 Å². The third-order valence-electron chi connectivity index (χ3n) is 8.18. The van der Waals surface area contributed by atoms with Crippen LogP contribution in [0.15, 0.2) is 84.9 Å². The van der Waals surface area contributed by atoms with Gasteiger partial charge in [-0.25, -0.2) is 9.59 Å². The molecule has 0 aliphatic carbocycles. The Balaban J connectivity index is 0.000000354. The van der Waals surface area contributed by atoms with Crippen LogP contribution in [0.25, 0.3) is 0 Å². The maximum atomic E-state index is 12.3. The topological polar surface area (TPSA) is 324 Å². The number of aromatic hydroxyl groups is 2. The molecule has 0 saturated heterocycles. The number of nitrogens with two attached hydrogens (primary N) is 1. The Kier molecular flexibility index (Phi) is 21.2. The largest absolute Gasteiger partial charge is 0.507 e. The van der Waals surface area contributed by atoms with Crippen LogP contribution in [0.1, 0.15) is 84.7 Å². The molecule has 9 N–H and O–H groups in total. The van der Waals surface area contributed by atoms with Gasteiger partial charge in [-0.2, -0.15) is 0 Å². The first-order valence-electron chi connectivity index (χ1n) is 18.1. The number of amides is 1. The number of rotatable bonds is 22. The first-order valence-corrected chi connectivity index (χ1v) is 18.1. The van der Waals surface area contributed by atoms with Gasteiger partial charge in [0.05, 0.1) is 23.3 Å². The molecule has 0 heterocycles. The molecule has 19 nitrogen and oxygen atoms in total. The smallest absolute Gasteiger partial charge is 0.335 e. The second-order valence-electron chi connectivity index (χ2n) is 12.6. The van der Waals surface area contributed by atoms with E-state index in [4.69, 9.17) is 30.5 Å². The average molecular weight is 849 g/mol. The van der Waals surface area contributed by atoms with Crippen molar-refractivity contribution < 1.29 is 83.2 Å². The Morgan fingerprint density at radius 1 is 0.639 bits per heavy atom. The molecule has 0 aromatic heterocycles. The molecule has 0 spiro atoms. The van der Waals surface area contributed by atoms with Gasteiger partial charge < -0.3 is 55.9 Å². The number of nitrogens with one attached hydrogen (secondary N) is 1. The van der Waals surface area contributed by atoms with Crippen LogP contribution in [-0.2, 0) is 37.1 Å². The molecular formula is C42H44N2O17. The van der Waals surface area contributed by atoms with E-state index in [2.05, 4.69) is 10.1 Å². The van der Waals surface area contributed by atoms with Crippen LogP contribution < -0.4 is 20.5 Å². The molecule has 0 radical (unpaired) electrons. The zero-order valence-electron chi connectivity index (χ0n) is 32.4. The summed E-state index contributed by atoms with van der Waals surface area (Å²) in [6, 6.07) is 19.5. The van der Waals surface area contributed by atoms with E-state index >= 15 is 0 Å². The molecular weight excluding hydrogens is 804 g/mol. The zero-order valence-corrected chi connectivity index (χ0v) is 32.4. The lowest BCUT2D eigenvalue weighted by atomic mass is 10.1. The number of carboxylic acids is 4. The quantitative estimate of drug-likeness (QED) is 0.0408. The number of hydrogen-bond donors (Lipinski definition) is 8. The van der Waals surface area contributed by atoms with E-state index in [0.29, 0.717) is 31.0 Å². The highest BCUT2D eigenvalue weighted by atomic mass is 16.5. The fraction of sp³-hybridized carbons (Fsp3) is 0.238. The molecule has 61 heavy (non-hydrogen) atoms. The molecule has 2 atom stereocenters. The van der Waals surface area contributed by atoms with Gasteiger partial charge in [-0.05, 0) is 85.3 Å². The third-order valence-corrected chi connectivity index (χ3v) is 8.18. The van der Waals surface area contributed by atoms with Crippen molar-refractivity contribution in [1.29, 1.82) is 0 Å². The van der Waals surface area contributed by atoms with E-state index in [0.717, 1.165) is 5.56 Å². The number of carboxylic acid groups (broad SMARTS) is 4. The van der Waals surface area contributed by atoms with Crippen molar-refractivity contribution in [1.82, 2.24) is 5.32 Å². The van der Waals surface area contributed by atoms with Crippen LogP contribution in [0, 0.1) is 0 Å². The number of benzene rings is 4. The number of ether oxygens (including phenoxy) is 3. The molecule has 4 rings (SSSR count). The maximum Gasteiger partial charge on any atom is 0.335 e. The summed E-state index contributed by atoms with van der Waals surface area (Å²) < 4.78 is 15.5. The van der Waals surface area contributed by atoms with Gasteiger partial charge in [-0.1, -0.05) is 36.4 Å². The number of aliphatic carboxylic acids is 3. The van der Waals surface area contributed by atoms with E-state index in [-0.39, 0.29) is 90.8 Å². The average Bonchev–Trinajstić information content (AvgIpc) is 3.23. The fourth-order valence-electron chi connectivity index (χ4n) is 4.89. The SMILES string of the molecule is N[C@@H](CCCC(=O)O)C(=O)O.O=COCCC[C@H](NC(=O)c1ccc(COc2cccc(O)c2C=O)cc1)C(=O)O.O=Cc1c(O)cccc1OCc1ccc(C(=O)O)cc1. The van der Waals surface area contributed by atoms with Crippen molar-refractivity contribution >= 4 is 48.8 Å². The molecule has 0 aliphatic heterocycles. The molecule has 0 saturated carbocycles. The first kappa shape index (κ1) is 49.3. The van der Waals surface area contributed by atoms with Gasteiger partial charge in [0.25, 0.3) is 12.4 Å². The highest BCUT2D eigenvalue weighted by Gasteiger charge is 2.20. The first-order chi connectivity index (χ1) is 29.1. The number of phenolic OH excluding ortho intramolecular Hbond substituents is 2. The Labute approximate surface area is 347 Å². The second-order valence-corrected chi connectivity index (χ2v) is 12.6. The van der Waals surface area contributed by atoms with Crippen LogP contribution in [0.5, 0.6) is 23.0 Å². The van der Waals surface area contributed by atoms with E-state index in [1.165, 1.54) is 36.4 Å². The molecule has 4 aromatic rings. The highest BCUT2D eigenvalue weighted by molar-refractivity contribution is 5.96. The molecule has 0 fully saturated rings. The van der Waals surface area contributed by atoms with Crippen molar-refractivity contribution in [3.05, 3.63) is 118 Å². The van der Waals surface area contributed by atoms with E-state index < -0.39 is 41.9 Å². The van der Waals surface area contributed by atoms with Crippen LogP contribution in [0.3, 0.4) is 0 Å². The van der Waals surface area contributed by atoms with E-state index in [1.807, 2.05) is 0 Å². The normalized spacial score (nSPS) is 11.0. The Morgan fingerprint density at radius 2 is 1.13 bits per heavy atom. The minimum Gasteiger partial charge on any atom is -0.507 e. The number of phenols is 2. The highest BCUT2D eigenvalue weighted by Crippen LogP contribution is 2.27. The summed E-state index contributed by atoms with van der Waals surface area (Å²) >= 11 is 0. The van der Waals surface area contributed by atoms with Gasteiger partial charge in [-0.15, -0.1) is 0 Å². The summed E-state index contributed by atoms with van der Waals surface area (Å²) in [7, 11) is 0. The van der Waals surface area contributed by atoms with E-state index in [1.54, 1.807) is 48.5 Å². The predicted octanol–water partition coefficient (Wildman–Crippen LogP) is 4.06. The molecule has 0 aliphatic rings. The number of aldehydes is 2. The second kappa shape index (κ2) is 26.3. The van der Waals surface area contributed by atoms with Gasteiger partial charge in [0, 0.05) is 12.0 Å². The monoisotopic (exact) mass is 848 g/mol. The Hall–Kier alpha value is -7.80. The number of carbonyl (C=O) groups is 8. The summed E-state index contributed by atoms with van der Waals surface area (Å²) in [6.45, 7) is 0.619. The molecule has 19 heteroatoms. The number of carbonyl (C=O) groups excluding carboxylic acids is 4. The summed E-state index contributed by atoms with van der Waals surface area (Å²) in [5.41, 5.74) is 7.17. The van der Waals surface area contributed by atoms with Crippen molar-refractivity contribution in [3.8, 4) is 23.0 Å². The lowest BCUT2D eigenvalue weighted by Crippen LogP contribution is -2.40. The molecule has 0 unspecified atom stereocenters. The van der Waals surface area contributed by atoms with Crippen molar-refractivity contribution in [3.63, 3.8) is 0 Å². The Morgan fingerprint density at radius 3 is 1.54 bits per heavy atom. The van der Waals surface area contributed by atoms with Gasteiger partial charge in [0.1, 0.15) is 48.3 Å².